The Morgan fingerprint density at radius 1 is 1.17 bits per heavy atom. The number of urea groups is 1. The van der Waals surface area contributed by atoms with Crippen LogP contribution in [0.15, 0.2) is 45.6 Å². The molecule has 0 spiro atoms. The maximum atomic E-state index is 13.1. The highest BCUT2D eigenvalue weighted by molar-refractivity contribution is 7.08. The maximum absolute atomic E-state index is 13.1. The second kappa shape index (κ2) is 6.81. The van der Waals surface area contributed by atoms with Crippen molar-refractivity contribution >= 4 is 23.3 Å². The van der Waals surface area contributed by atoms with Crippen LogP contribution in [0.5, 0.6) is 0 Å². The number of nitrogens with one attached hydrogen (secondary N) is 1. The minimum Gasteiger partial charge on any atom is -0.337 e. The van der Waals surface area contributed by atoms with Crippen LogP contribution in [0.1, 0.15) is 44.7 Å². The molecule has 0 aliphatic carbocycles. The van der Waals surface area contributed by atoms with Crippen LogP contribution < -0.4 is 5.32 Å². The first kappa shape index (κ1) is 19.3. The Morgan fingerprint density at radius 3 is 2.52 bits per heavy atom. The van der Waals surface area contributed by atoms with Crippen molar-refractivity contribution in [2.45, 2.75) is 45.2 Å². The zero-order valence-corrected chi connectivity index (χ0v) is 17.5. The average molecular weight is 410 g/mol. The molecule has 1 fully saturated rings. The van der Waals surface area contributed by atoms with Crippen LogP contribution in [0.3, 0.4) is 0 Å². The molecule has 0 bridgehead atoms. The molecule has 1 saturated heterocycles. The molecule has 0 saturated carbocycles. The fourth-order valence-corrected chi connectivity index (χ4v) is 3.94. The van der Waals surface area contributed by atoms with E-state index in [1.807, 2.05) is 41.1 Å². The Labute approximate surface area is 172 Å². The minimum atomic E-state index is -1.14. The summed E-state index contributed by atoms with van der Waals surface area (Å²) in [7, 11) is 0. The SMILES string of the molecule is CC(C)(C)c1ccc(C2(C)NC(=O)N(Cc3nc(-c4ccsc4)no3)C2=O)cc1. The van der Waals surface area contributed by atoms with Gasteiger partial charge < -0.3 is 9.84 Å². The number of amides is 3. The van der Waals surface area contributed by atoms with E-state index in [0.29, 0.717) is 5.82 Å². The molecule has 7 nitrogen and oxygen atoms in total. The molecular weight excluding hydrogens is 388 g/mol. The van der Waals surface area contributed by atoms with Crippen molar-refractivity contribution in [1.82, 2.24) is 20.4 Å². The van der Waals surface area contributed by atoms with Gasteiger partial charge >= 0.3 is 6.03 Å². The molecule has 4 rings (SSSR count). The number of nitrogens with zero attached hydrogens (tertiary/aromatic N) is 3. The molecule has 2 aromatic heterocycles. The van der Waals surface area contributed by atoms with Gasteiger partial charge in [0.1, 0.15) is 12.1 Å². The molecule has 150 valence electrons. The first-order valence-corrected chi connectivity index (χ1v) is 10.2. The summed E-state index contributed by atoms with van der Waals surface area (Å²) in [5.41, 5.74) is 1.60. The molecule has 1 aromatic carbocycles. The zero-order valence-electron chi connectivity index (χ0n) is 16.7. The van der Waals surface area contributed by atoms with Gasteiger partial charge in [-0.05, 0) is 34.9 Å². The molecule has 1 aliphatic heterocycles. The lowest BCUT2D eigenvalue weighted by atomic mass is 9.84. The Hall–Kier alpha value is -3.00. The number of aromatic nitrogens is 2. The molecule has 1 aliphatic rings. The highest BCUT2D eigenvalue weighted by atomic mass is 32.1. The van der Waals surface area contributed by atoms with Crippen LogP contribution in [0.2, 0.25) is 0 Å². The molecule has 1 atom stereocenters. The first-order chi connectivity index (χ1) is 13.7. The summed E-state index contributed by atoms with van der Waals surface area (Å²) >= 11 is 1.53. The highest BCUT2D eigenvalue weighted by Gasteiger charge is 2.49. The van der Waals surface area contributed by atoms with Crippen molar-refractivity contribution < 1.29 is 14.1 Å². The third-order valence-corrected chi connectivity index (χ3v) is 5.83. The molecule has 3 heterocycles. The average Bonchev–Trinajstić information content (AvgIpc) is 3.39. The number of carbonyl (C=O) groups is 2. The van der Waals surface area contributed by atoms with Crippen molar-refractivity contribution in [2.75, 3.05) is 0 Å². The lowest BCUT2D eigenvalue weighted by molar-refractivity contribution is -0.131. The summed E-state index contributed by atoms with van der Waals surface area (Å²) in [6.45, 7) is 8.02. The standard InChI is InChI=1S/C21H22N4O3S/c1-20(2,3)14-5-7-15(8-6-14)21(4)18(26)25(19(27)23-21)11-16-22-17(24-28-16)13-9-10-29-12-13/h5-10,12H,11H2,1-4H3,(H,23,27). The van der Waals surface area contributed by atoms with Crippen LogP contribution in [0.4, 0.5) is 4.79 Å². The predicted molar refractivity (Wildman–Crippen MR) is 109 cm³/mol. The van der Waals surface area contributed by atoms with E-state index in [2.05, 4.69) is 36.2 Å². The van der Waals surface area contributed by atoms with Crippen LogP contribution in [0, 0.1) is 0 Å². The van der Waals surface area contributed by atoms with Crippen LogP contribution in [-0.4, -0.2) is 27.0 Å². The summed E-state index contributed by atoms with van der Waals surface area (Å²) in [6.07, 6.45) is 0. The van der Waals surface area contributed by atoms with E-state index in [4.69, 9.17) is 4.52 Å². The molecule has 0 radical (unpaired) electrons. The number of rotatable bonds is 4. The number of hydrogen-bond donors (Lipinski definition) is 1. The number of thiophene rings is 1. The monoisotopic (exact) mass is 410 g/mol. The van der Waals surface area contributed by atoms with Gasteiger partial charge in [0.2, 0.25) is 11.7 Å². The molecule has 3 aromatic rings. The van der Waals surface area contributed by atoms with E-state index >= 15 is 0 Å². The fraction of sp³-hybridized carbons (Fsp3) is 0.333. The van der Waals surface area contributed by atoms with Gasteiger partial charge in [0, 0.05) is 10.9 Å². The van der Waals surface area contributed by atoms with Gasteiger partial charge in [-0.15, -0.1) is 0 Å². The van der Waals surface area contributed by atoms with Crippen LogP contribution in [0.25, 0.3) is 11.4 Å². The van der Waals surface area contributed by atoms with Crippen LogP contribution in [-0.2, 0) is 22.3 Å². The summed E-state index contributed by atoms with van der Waals surface area (Å²) < 4.78 is 5.24. The number of hydrogen-bond acceptors (Lipinski definition) is 6. The third-order valence-electron chi connectivity index (χ3n) is 5.14. The highest BCUT2D eigenvalue weighted by Crippen LogP contribution is 2.32. The molecule has 8 heteroatoms. The van der Waals surface area contributed by atoms with Gasteiger partial charge in [0.05, 0.1) is 0 Å². The molecular formula is C21H22N4O3S. The largest absolute Gasteiger partial charge is 0.337 e. The molecule has 1 unspecified atom stereocenters. The van der Waals surface area contributed by atoms with Gasteiger partial charge in [0.25, 0.3) is 5.91 Å². The Bertz CT molecular complexity index is 1050. The smallest absolute Gasteiger partial charge is 0.325 e. The Morgan fingerprint density at radius 2 is 1.90 bits per heavy atom. The fourth-order valence-electron chi connectivity index (χ4n) is 3.30. The summed E-state index contributed by atoms with van der Waals surface area (Å²) in [5.74, 6) is 0.303. The van der Waals surface area contributed by atoms with E-state index in [1.165, 1.54) is 11.3 Å². The summed E-state index contributed by atoms with van der Waals surface area (Å²) in [4.78, 5) is 31.1. The van der Waals surface area contributed by atoms with E-state index in [9.17, 15) is 9.59 Å². The van der Waals surface area contributed by atoms with Crippen LogP contribution >= 0.6 is 11.3 Å². The van der Waals surface area contributed by atoms with Crippen molar-refractivity contribution in [2.24, 2.45) is 0 Å². The van der Waals surface area contributed by atoms with Gasteiger partial charge in [-0.25, -0.2) is 4.79 Å². The van der Waals surface area contributed by atoms with E-state index in [0.717, 1.165) is 21.6 Å². The lowest BCUT2D eigenvalue weighted by Gasteiger charge is -2.24. The number of imide groups is 1. The number of carbonyl (C=O) groups excluding carboxylic acids is 2. The van der Waals surface area contributed by atoms with E-state index < -0.39 is 11.6 Å². The second-order valence-corrected chi connectivity index (χ2v) is 9.08. The van der Waals surface area contributed by atoms with Crippen molar-refractivity contribution in [3.05, 3.63) is 58.1 Å². The topological polar surface area (TPSA) is 88.3 Å². The maximum Gasteiger partial charge on any atom is 0.325 e. The molecule has 3 amide bonds. The van der Waals surface area contributed by atoms with E-state index in [1.54, 1.807) is 6.92 Å². The van der Waals surface area contributed by atoms with E-state index in [-0.39, 0.29) is 23.8 Å². The summed E-state index contributed by atoms with van der Waals surface area (Å²) in [5, 5.41) is 10.6. The zero-order chi connectivity index (χ0) is 20.8. The normalized spacial score (nSPS) is 19.7. The third kappa shape index (κ3) is 3.44. The quantitative estimate of drug-likeness (QED) is 0.655. The van der Waals surface area contributed by atoms with Crippen molar-refractivity contribution in [1.29, 1.82) is 0 Å². The Balaban J connectivity index is 1.55. The second-order valence-electron chi connectivity index (χ2n) is 8.30. The van der Waals surface area contributed by atoms with Gasteiger partial charge in [0.15, 0.2) is 0 Å². The van der Waals surface area contributed by atoms with Crippen molar-refractivity contribution in [3.8, 4) is 11.4 Å². The lowest BCUT2D eigenvalue weighted by Crippen LogP contribution is -2.40. The summed E-state index contributed by atoms with van der Waals surface area (Å²) in [6, 6.07) is 9.17. The van der Waals surface area contributed by atoms with Crippen molar-refractivity contribution in [3.63, 3.8) is 0 Å². The number of benzene rings is 1. The van der Waals surface area contributed by atoms with Gasteiger partial charge in [-0.3, -0.25) is 9.69 Å². The Kier molecular flexibility index (Phi) is 4.53. The van der Waals surface area contributed by atoms with Gasteiger partial charge in [-0.1, -0.05) is 50.2 Å². The van der Waals surface area contributed by atoms with Gasteiger partial charge in [-0.2, -0.15) is 16.3 Å². The molecule has 1 N–H and O–H groups in total. The predicted octanol–water partition coefficient (Wildman–Crippen LogP) is 4.06. The first-order valence-electron chi connectivity index (χ1n) is 9.29. The minimum absolute atomic E-state index is 0.00647. The molecule has 29 heavy (non-hydrogen) atoms.